The summed E-state index contributed by atoms with van der Waals surface area (Å²) in [5.74, 6) is 0.840. The van der Waals surface area contributed by atoms with Gasteiger partial charge in [-0.1, -0.05) is 18.2 Å². The third-order valence-electron chi connectivity index (χ3n) is 1.96. The second kappa shape index (κ2) is 2.75. The Bertz CT molecular complexity index is 291. The molecule has 0 aromatic rings. The molecule has 1 atom stereocenters. The highest BCUT2D eigenvalue weighted by atomic mass is 79.9. The van der Waals surface area contributed by atoms with Gasteiger partial charge in [-0.2, -0.15) is 0 Å². The van der Waals surface area contributed by atoms with Crippen LogP contribution in [-0.4, -0.2) is 16.2 Å². The minimum Gasteiger partial charge on any atom is -0.473 e. The lowest BCUT2D eigenvalue weighted by Gasteiger charge is -2.30. The molecule has 3 heteroatoms. The van der Waals surface area contributed by atoms with Crippen LogP contribution in [0.4, 0.5) is 0 Å². The van der Waals surface area contributed by atoms with Crippen LogP contribution in [0.1, 0.15) is 6.42 Å². The van der Waals surface area contributed by atoms with Crippen molar-refractivity contribution >= 4 is 15.9 Å². The van der Waals surface area contributed by atoms with Gasteiger partial charge in [0.1, 0.15) is 5.76 Å². The first kappa shape index (κ1) is 8.08. The van der Waals surface area contributed by atoms with Crippen LogP contribution in [0.5, 0.6) is 0 Å². The molecule has 12 heavy (non-hydrogen) atoms. The lowest BCUT2D eigenvalue weighted by Crippen LogP contribution is -2.31. The second-order valence-corrected chi connectivity index (χ2v) is 4.34. The van der Waals surface area contributed by atoms with Crippen molar-refractivity contribution < 1.29 is 9.84 Å². The number of hydrogen-bond donors (Lipinski definition) is 1. The molecule has 0 amide bonds. The fourth-order valence-corrected chi connectivity index (χ4v) is 1.61. The molecule has 0 bridgehead atoms. The number of halogens is 1. The number of ether oxygens (including phenoxy) is 1. The van der Waals surface area contributed by atoms with Gasteiger partial charge in [-0.05, 0) is 22.0 Å². The molecule has 64 valence electrons. The average Bonchev–Trinajstić information content (AvgIpc) is 2.51. The smallest absolute Gasteiger partial charge is 0.189 e. The summed E-state index contributed by atoms with van der Waals surface area (Å²) in [5.41, 5.74) is 1.11. The summed E-state index contributed by atoms with van der Waals surface area (Å²) in [5, 5.41) is 9.02. The van der Waals surface area contributed by atoms with Crippen LogP contribution < -0.4 is 0 Å². The molecule has 1 aliphatic carbocycles. The Kier molecular flexibility index (Phi) is 1.85. The molecule has 0 aromatic heterocycles. The molecule has 0 saturated heterocycles. The normalized spacial score (nSPS) is 32.2. The number of alkyl halides is 1. The molecule has 1 N–H and O–H groups in total. The Morgan fingerprint density at radius 2 is 2.50 bits per heavy atom. The van der Waals surface area contributed by atoms with E-state index in [1.807, 2.05) is 18.2 Å². The van der Waals surface area contributed by atoms with Crippen LogP contribution in [0.3, 0.4) is 0 Å². The van der Waals surface area contributed by atoms with E-state index < -0.39 is 4.51 Å². The third kappa shape index (κ3) is 1.23. The quantitative estimate of drug-likeness (QED) is 0.695. The molecule has 2 rings (SSSR count). The highest BCUT2D eigenvalue weighted by Gasteiger charge is 2.32. The topological polar surface area (TPSA) is 29.5 Å². The molecule has 0 fully saturated rings. The van der Waals surface area contributed by atoms with E-state index >= 15 is 0 Å². The summed E-state index contributed by atoms with van der Waals surface area (Å²) in [4.78, 5) is 0. The van der Waals surface area contributed by atoms with Gasteiger partial charge in [0.15, 0.2) is 4.51 Å². The highest BCUT2D eigenvalue weighted by molar-refractivity contribution is 9.10. The first-order valence-corrected chi connectivity index (χ1v) is 4.60. The van der Waals surface area contributed by atoms with Gasteiger partial charge in [-0.15, -0.1) is 0 Å². The first-order valence-electron chi connectivity index (χ1n) is 3.81. The van der Waals surface area contributed by atoms with Crippen molar-refractivity contribution in [2.45, 2.75) is 10.9 Å². The monoisotopic (exact) mass is 228 g/mol. The van der Waals surface area contributed by atoms with Gasteiger partial charge in [0, 0.05) is 12.0 Å². The zero-order valence-corrected chi connectivity index (χ0v) is 8.04. The van der Waals surface area contributed by atoms with E-state index in [0.29, 0.717) is 6.42 Å². The van der Waals surface area contributed by atoms with Crippen LogP contribution in [0.15, 0.2) is 35.6 Å². The predicted octanol–water partition coefficient (Wildman–Crippen LogP) is 1.87. The van der Waals surface area contributed by atoms with Gasteiger partial charge < -0.3 is 9.84 Å². The predicted molar refractivity (Wildman–Crippen MR) is 49.8 cm³/mol. The fraction of sp³-hybridized carbons (Fsp3) is 0.333. The number of allylic oxidation sites excluding steroid dienone is 3. The maximum atomic E-state index is 9.02. The highest BCUT2D eigenvalue weighted by Crippen LogP contribution is 2.37. The zero-order chi connectivity index (χ0) is 8.60. The van der Waals surface area contributed by atoms with Crippen LogP contribution in [0.2, 0.25) is 0 Å². The van der Waals surface area contributed by atoms with Crippen molar-refractivity contribution in [1.29, 1.82) is 0 Å². The molecule has 1 aliphatic heterocycles. The lowest BCUT2D eigenvalue weighted by atomic mass is 10.1. The molecule has 1 heterocycles. The molecule has 1 unspecified atom stereocenters. The third-order valence-corrected chi connectivity index (χ3v) is 2.70. The molecule has 2 nitrogen and oxygen atoms in total. The van der Waals surface area contributed by atoms with E-state index in [2.05, 4.69) is 22.0 Å². The number of fused-ring (bicyclic) bond motifs is 1. The molecular weight excluding hydrogens is 220 g/mol. The summed E-state index contributed by atoms with van der Waals surface area (Å²) < 4.78 is 4.94. The Morgan fingerprint density at radius 3 is 3.25 bits per heavy atom. The first-order chi connectivity index (χ1) is 5.73. The van der Waals surface area contributed by atoms with Crippen molar-refractivity contribution in [1.82, 2.24) is 0 Å². The van der Waals surface area contributed by atoms with Gasteiger partial charge in [0.05, 0.1) is 6.61 Å². The van der Waals surface area contributed by atoms with Crippen molar-refractivity contribution in [3.63, 3.8) is 0 Å². The van der Waals surface area contributed by atoms with Crippen LogP contribution in [0.25, 0.3) is 0 Å². The fourth-order valence-electron chi connectivity index (χ4n) is 1.28. The minimum atomic E-state index is -0.603. The van der Waals surface area contributed by atoms with E-state index in [0.717, 1.165) is 11.3 Å². The summed E-state index contributed by atoms with van der Waals surface area (Å²) in [6.07, 6.45) is 8.59. The van der Waals surface area contributed by atoms with Crippen molar-refractivity contribution in [2.75, 3.05) is 6.61 Å². The van der Waals surface area contributed by atoms with E-state index in [1.165, 1.54) is 0 Å². The Morgan fingerprint density at radius 1 is 1.67 bits per heavy atom. The summed E-state index contributed by atoms with van der Waals surface area (Å²) >= 11 is 3.35. The maximum Gasteiger partial charge on any atom is 0.189 e. The number of hydrogen-bond acceptors (Lipinski definition) is 2. The van der Waals surface area contributed by atoms with E-state index in [9.17, 15) is 0 Å². The van der Waals surface area contributed by atoms with Crippen LogP contribution in [0, 0.1) is 0 Å². The van der Waals surface area contributed by atoms with Crippen LogP contribution >= 0.6 is 15.9 Å². The summed E-state index contributed by atoms with van der Waals surface area (Å²) in [6, 6.07) is 0. The minimum absolute atomic E-state index is 0.0197. The number of aliphatic hydroxyl groups excluding tert-OH is 1. The molecular formula is C9H9BrO2. The summed E-state index contributed by atoms with van der Waals surface area (Å²) in [6.45, 7) is -0.0197. The molecule has 2 aliphatic rings. The number of rotatable bonds is 1. The molecule has 0 radical (unpaired) electrons. The van der Waals surface area contributed by atoms with Crippen molar-refractivity contribution in [3.05, 3.63) is 35.6 Å². The van der Waals surface area contributed by atoms with Crippen molar-refractivity contribution in [3.8, 4) is 0 Å². The second-order valence-electron chi connectivity index (χ2n) is 2.90. The average molecular weight is 229 g/mol. The SMILES string of the molecule is OCC1(Br)CC=C2C=CC=C2O1. The Balaban J connectivity index is 2.26. The van der Waals surface area contributed by atoms with Gasteiger partial charge in [-0.3, -0.25) is 0 Å². The summed E-state index contributed by atoms with van der Waals surface area (Å²) in [7, 11) is 0. The van der Waals surface area contributed by atoms with Crippen LogP contribution in [-0.2, 0) is 4.74 Å². The van der Waals surface area contributed by atoms with Gasteiger partial charge in [-0.25, -0.2) is 0 Å². The lowest BCUT2D eigenvalue weighted by molar-refractivity contribution is 0.0374. The Hall–Kier alpha value is -0.540. The molecule has 0 saturated carbocycles. The largest absolute Gasteiger partial charge is 0.473 e. The van der Waals surface area contributed by atoms with Crippen molar-refractivity contribution in [2.24, 2.45) is 0 Å². The number of aliphatic hydroxyl groups is 1. The standard InChI is InChI=1S/C9H9BrO2/c10-9(6-11)5-4-7-2-1-3-8(7)12-9/h1-4,11H,5-6H2. The van der Waals surface area contributed by atoms with Gasteiger partial charge in [0.2, 0.25) is 0 Å². The van der Waals surface area contributed by atoms with E-state index in [4.69, 9.17) is 9.84 Å². The Labute approximate surface area is 79.4 Å². The zero-order valence-electron chi connectivity index (χ0n) is 6.46. The van der Waals surface area contributed by atoms with E-state index in [-0.39, 0.29) is 6.61 Å². The van der Waals surface area contributed by atoms with Gasteiger partial charge in [0.25, 0.3) is 0 Å². The van der Waals surface area contributed by atoms with E-state index in [1.54, 1.807) is 0 Å². The molecule has 0 aromatic carbocycles. The van der Waals surface area contributed by atoms with Gasteiger partial charge >= 0.3 is 0 Å². The molecule has 0 spiro atoms. The maximum absolute atomic E-state index is 9.02.